The lowest BCUT2D eigenvalue weighted by molar-refractivity contribution is -0.144. The first-order valence-electron chi connectivity index (χ1n) is 7.74. The molecule has 0 saturated carbocycles. The summed E-state index contributed by atoms with van der Waals surface area (Å²) in [6.45, 7) is 6.24. The van der Waals surface area contributed by atoms with Gasteiger partial charge < -0.3 is 24.8 Å². The van der Waals surface area contributed by atoms with E-state index in [4.69, 9.17) is 9.47 Å². The lowest BCUT2D eigenvalue weighted by Crippen LogP contribution is -2.57. The smallest absolute Gasteiger partial charge is 0.408 e. The van der Waals surface area contributed by atoms with Gasteiger partial charge in [-0.3, -0.25) is 4.79 Å². The first-order valence-corrected chi connectivity index (χ1v) is 7.74. The van der Waals surface area contributed by atoms with E-state index in [0.29, 0.717) is 19.6 Å². The summed E-state index contributed by atoms with van der Waals surface area (Å²) in [7, 11) is 0. The Hall–Kier alpha value is -1.83. The van der Waals surface area contributed by atoms with Crippen LogP contribution in [0.4, 0.5) is 4.79 Å². The maximum atomic E-state index is 12.4. The number of nitrogens with one attached hydrogen (secondary N) is 1. The van der Waals surface area contributed by atoms with Crippen molar-refractivity contribution in [1.82, 2.24) is 10.2 Å². The van der Waals surface area contributed by atoms with E-state index < -0.39 is 23.2 Å². The van der Waals surface area contributed by atoms with E-state index in [9.17, 15) is 19.5 Å². The van der Waals surface area contributed by atoms with Crippen molar-refractivity contribution >= 4 is 18.0 Å². The van der Waals surface area contributed by atoms with E-state index >= 15 is 0 Å². The predicted molar refractivity (Wildman–Crippen MR) is 79.9 cm³/mol. The van der Waals surface area contributed by atoms with E-state index in [-0.39, 0.29) is 31.3 Å². The molecule has 8 nitrogen and oxygen atoms in total. The molecular formula is C15H24N2O6. The second-order valence-electron chi connectivity index (χ2n) is 7.08. The van der Waals surface area contributed by atoms with E-state index in [1.165, 1.54) is 4.90 Å². The fourth-order valence-electron chi connectivity index (χ4n) is 2.81. The third-order valence-corrected chi connectivity index (χ3v) is 4.01. The standard InChI is InChI=1S/C15H24N2O6/c1-14(2,3)23-13(21)16-15(12(19)20)5-6-17(9-15)11(18)10-4-7-22-8-10/h10H,4-9H2,1-3H3,(H,16,21)(H,19,20). The number of amides is 2. The molecule has 0 aliphatic carbocycles. The third-order valence-electron chi connectivity index (χ3n) is 4.01. The van der Waals surface area contributed by atoms with Crippen LogP contribution >= 0.6 is 0 Å². The third kappa shape index (κ3) is 4.13. The average Bonchev–Trinajstić information content (AvgIpc) is 3.05. The van der Waals surface area contributed by atoms with Crippen LogP contribution in [0.1, 0.15) is 33.6 Å². The summed E-state index contributed by atoms with van der Waals surface area (Å²) in [4.78, 5) is 37.5. The van der Waals surface area contributed by atoms with Gasteiger partial charge in [-0.25, -0.2) is 9.59 Å². The van der Waals surface area contributed by atoms with Crippen molar-refractivity contribution in [2.24, 2.45) is 5.92 Å². The molecule has 130 valence electrons. The zero-order valence-electron chi connectivity index (χ0n) is 13.8. The number of carbonyl (C=O) groups is 3. The number of hydrogen-bond acceptors (Lipinski definition) is 5. The van der Waals surface area contributed by atoms with Gasteiger partial charge in [0.1, 0.15) is 5.60 Å². The van der Waals surface area contributed by atoms with Gasteiger partial charge in [-0.05, 0) is 27.2 Å². The number of hydrogen-bond donors (Lipinski definition) is 2. The fourth-order valence-corrected chi connectivity index (χ4v) is 2.81. The molecule has 2 aliphatic heterocycles. The topological polar surface area (TPSA) is 105 Å². The number of rotatable bonds is 3. The number of nitrogens with zero attached hydrogens (tertiary/aromatic N) is 1. The van der Waals surface area contributed by atoms with Gasteiger partial charge in [0.05, 0.1) is 19.1 Å². The van der Waals surface area contributed by atoms with Gasteiger partial charge in [0, 0.05) is 19.6 Å². The number of alkyl carbamates (subject to hydrolysis) is 1. The van der Waals surface area contributed by atoms with Gasteiger partial charge in [-0.2, -0.15) is 0 Å². The van der Waals surface area contributed by atoms with E-state index in [0.717, 1.165) is 0 Å². The van der Waals surface area contributed by atoms with E-state index in [2.05, 4.69) is 5.32 Å². The number of likely N-dealkylation sites (tertiary alicyclic amines) is 1. The average molecular weight is 328 g/mol. The molecule has 0 spiro atoms. The predicted octanol–water partition coefficient (Wildman–Crippen LogP) is 0.603. The number of ether oxygens (including phenoxy) is 2. The molecule has 2 unspecified atom stereocenters. The first-order chi connectivity index (χ1) is 10.6. The maximum absolute atomic E-state index is 12.4. The highest BCUT2D eigenvalue weighted by atomic mass is 16.6. The van der Waals surface area contributed by atoms with Crippen LogP contribution < -0.4 is 5.32 Å². The Morgan fingerprint density at radius 3 is 2.57 bits per heavy atom. The highest BCUT2D eigenvalue weighted by Crippen LogP contribution is 2.26. The van der Waals surface area contributed by atoms with Crippen LogP contribution in [0.2, 0.25) is 0 Å². The van der Waals surface area contributed by atoms with Crippen LogP contribution in [0.15, 0.2) is 0 Å². The summed E-state index contributed by atoms with van der Waals surface area (Å²) in [6.07, 6.45) is 0.00823. The van der Waals surface area contributed by atoms with Crippen LogP contribution in [0, 0.1) is 5.92 Å². The van der Waals surface area contributed by atoms with Crippen LogP contribution in [-0.2, 0) is 19.1 Å². The van der Waals surface area contributed by atoms with Gasteiger partial charge in [0.25, 0.3) is 0 Å². The Kier molecular flexibility index (Phi) is 4.84. The minimum atomic E-state index is -1.50. The van der Waals surface area contributed by atoms with Gasteiger partial charge in [-0.15, -0.1) is 0 Å². The second kappa shape index (κ2) is 6.35. The Morgan fingerprint density at radius 1 is 1.35 bits per heavy atom. The summed E-state index contributed by atoms with van der Waals surface area (Å²) in [5.41, 5.74) is -2.23. The lowest BCUT2D eigenvalue weighted by Gasteiger charge is -2.28. The number of carbonyl (C=O) groups excluding carboxylic acids is 2. The van der Waals surface area contributed by atoms with Gasteiger partial charge >= 0.3 is 12.1 Å². The summed E-state index contributed by atoms with van der Waals surface area (Å²) >= 11 is 0. The highest BCUT2D eigenvalue weighted by Gasteiger charge is 2.49. The zero-order chi connectivity index (χ0) is 17.3. The molecule has 0 bridgehead atoms. The summed E-state index contributed by atoms with van der Waals surface area (Å²) < 4.78 is 10.3. The molecule has 2 heterocycles. The molecule has 23 heavy (non-hydrogen) atoms. The second-order valence-corrected chi connectivity index (χ2v) is 7.08. The molecule has 2 amide bonds. The molecule has 8 heteroatoms. The van der Waals surface area contributed by atoms with Gasteiger partial charge in [-0.1, -0.05) is 0 Å². The van der Waals surface area contributed by atoms with Crippen molar-refractivity contribution in [2.75, 3.05) is 26.3 Å². The van der Waals surface area contributed by atoms with Crippen LogP contribution in [0.5, 0.6) is 0 Å². The Bertz CT molecular complexity index is 495. The molecule has 0 aromatic rings. The van der Waals surface area contributed by atoms with Crippen molar-refractivity contribution in [3.8, 4) is 0 Å². The molecule has 2 aliphatic rings. The van der Waals surface area contributed by atoms with Crippen molar-refractivity contribution in [2.45, 2.75) is 44.8 Å². The summed E-state index contributed by atoms with van der Waals surface area (Å²) in [5.74, 6) is -1.50. The molecular weight excluding hydrogens is 304 g/mol. The first kappa shape index (κ1) is 17.5. The molecule has 2 saturated heterocycles. The summed E-state index contributed by atoms with van der Waals surface area (Å²) in [6, 6.07) is 0. The molecule has 2 atom stereocenters. The quantitative estimate of drug-likeness (QED) is 0.786. The minimum Gasteiger partial charge on any atom is -0.479 e. The lowest BCUT2D eigenvalue weighted by atomic mass is 9.99. The SMILES string of the molecule is CC(C)(C)OC(=O)NC1(C(=O)O)CCN(C(=O)C2CCOC2)C1. The van der Waals surface area contributed by atoms with Crippen molar-refractivity contribution in [3.63, 3.8) is 0 Å². The van der Waals surface area contributed by atoms with Crippen LogP contribution in [0.25, 0.3) is 0 Å². The Morgan fingerprint density at radius 2 is 2.04 bits per heavy atom. The largest absolute Gasteiger partial charge is 0.479 e. The van der Waals surface area contributed by atoms with Crippen molar-refractivity contribution < 1.29 is 29.0 Å². The number of carboxylic acid groups (broad SMARTS) is 1. The van der Waals surface area contributed by atoms with Crippen molar-refractivity contribution in [3.05, 3.63) is 0 Å². The molecule has 2 N–H and O–H groups in total. The molecule has 0 radical (unpaired) electrons. The van der Waals surface area contributed by atoms with Crippen molar-refractivity contribution in [1.29, 1.82) is 0 Å². The van der Waals surface area contributed by atoms with Gasteiger partial charge in [0.15, 0.2) is 5.54 Å². The molecule has 0 aromatic heterocycles. The Balaban J connectivity index is 2.03. The molecule has 2 rings (SSSR count). The number of carboxylic acids is 1. The number of aliphatic carboxylic acids is 1. The highest BCUT2D eigenvalue weighted by molar-refractivity contribution is 5.87. The monoisotopic (exact) mass is 328 g/mol. The van der Waals surface area contributed by atoms with Gasteiger partial charge in [0.2, 0.25) is 5.91 Å². The Labute approximate surface area is 135 Å². The summed E-state index contributed by atoms with van der Waals surface area (Å²) in [5, 5.41) is 12.0. The maximum Gasteiger partial charge on any atom is 0.408 e. The van der Waals surface area contributed by atoms with E-state index in [1.807, 2.05) is 0 Å². The minimum absolute atomic E-state index is 0.0586. The normalized spacial score (nSPS) is 27.8. The van der Waals surface area contributed by atoms with Crippen LogP contribution in [0.3, 0.4) is 0 Å². The van der Waals surface area contributed by atoms with E-state index in [1.54, 1.807) is 20.8 Å². The zero-order valence-corrected chi connectivity index (χ0v) is 13.8. The molecule has 0 aromatic carbocycles. The molecule has 2 fully saturated rings. The fraction of sp³-hybridized carbons (Fsp3) is 0.800. The van der Waals surface area contributed by atoms with Crippen LogP contribution in [-0.4, -0.2) is 65.4 Å².